The molecule has 2 rings (SSSR count). The minimum Gasteiger partial charge on any atom is -0.198 e. The Bertz CT molecular complexity index is 522. The van der Waals surface area contributed by atoms with E-state index >= 15 is 0 Å². The van der Waals surface area contributed by atoms with Crippen LogP contribution in [0.1, 0.15) is 11.1 Å². The molecule has 2 aromatic rings. The van der Waals surface area contributed by atoms with Crippen LogP contribution < -0.4 is 0 Å². The van der Waals surface area contributed by atoms with E-state index in [-0.39, 0.29) is 0 Å². The molecule has 0 aliphatic heterocycles. The molecule has 3 heteroatoms. The Hall–Kier alpha value is -0.850. The van der Waals surface area contributed by atoms with Crippen molar-refractivity contribution < 1.29 is 0 Å². The van der Waals surface area contributed by atoms with E-state index in [0.29, 0.717) is 6.42 Å². The summed E-state index contributed by atoms with van der Waals surface area (Å²) in [6.07, 6.45) is 0.491. The second-order valence-corrected chi connectivity index (χ2v) is 5.66. The first kappa shape index (κ1) is 9.70. The van der Waals surface area contributed by atoms with Gasteiger partial charge in [0.25, 0.3) is 0 Å². The van der Waals surface area contributed by atoms with Crippen molar-refractivity contribution in [2.45, 2.75) is 13.3 Å². The summed E-state index contributed by atoms with van der Waals surface area (Å²) in [7, 11) is 0. The van der Waals surface area contributed by atoms with Gasteiger partial charge in [0.05, 0.1) is 16.3 Å². The zero-order valence-corrected chi connectivity index (χ0v) is 10.1. The Labute approximate surface area is 95.1 Å². The molecule has 0 N–H and O–H groups in total. The molecule has 0 bridgehead atoms. The van der Waals surface area contributed by atoms with E-state index < -0.39 is 0 Å². The molecule has 70 valence electrons. The number of hydrogen-bond acceptors (Lipinski definition) is 2. The van der Waals surface area contributed by atoms with Gasteiger partial charge in [-0.15, -0.1) is 11.3 Å². The van der Waals surface area contributed by atoms with Crippen molar-refractivity contribution in [1.82, 2.24) is 0 Å². The van der Waals surface area contributed by atoms with Gasteiger partial charge in [-0.25, -0.2) is 0 Å². The minimum atomic E-state index is 0.491. The average Bonchev–Trinajstić information content (AvgIpc) is 2.45. The first-order valence-corrected chi connectivity index (χ1v) is 5.87. The van der Waals surface area contributed by atoms with Gasteiger partial charge in [-0.3, -0.25) is 0 Å². The van der Waals surface area contributed by atoms with Crippen molar-refractivity contribution in [2.75, 3.05) is 0 Å². The largest absolute Gasteiger partial charge is 0.198 e. The highest BCUT2D eigenvalue weighted by molar-refractivity contribution is 9.11. The molecule has 0 saturated carbocycles. The van der Waals surface area contributed by atoms with Gasteiger partial charge in [0, 0.05) is 4.70 Å². The van der Waals surface area contributed by atoms with Crippen LogP contribution in [-0.4, -0.2) is 0 Å². The highest BCUT2D eigenvalue weighted by atomic mass is 79.9. The van der Waals surface area contributed by atoms with Crippen LogP contribution in [0.25, 0.3) is 10.1 Å². The van der Waals surface area contributed by atoms with E-state index in [9.17, 15) is 0 Å². The van der Waals surface area contributed by atoms with E-state index in [1.54, 1.807) is 11.3 Å². The number of benzene rings is 1. The third-order valence-electron chi connectivity index (χ3n) is 2.08. The van der Waals surface area contributed by atoms with Crippen LogP contribution >= 0.6 is 27.3 Å². The summed E-state index contributed by atoms with van der Waals surface area (Å²) in [5.74, 6) is 0. The molecule has 0 unspecified atom stereocenters. The molecular formula is C11H8BrNS. The van der Waals surface area contributed by atoms with Crippen LogP contribution in [0.15, 0.2) is 22.0 Å². The molecule has 0 spiro atoms. The third-order valence-corrected chi connectivity index (χ3v) is 3.81. The summed E-state index contributed by atoms with van der Waals surface area (Å²) in [4.78, 5) is 0. The Kier molecular flexibility index (Phi) is 2.58. The topological polar surface area (TPSA) is 23.8 Å². The van der Waals surface area contributed by atoms with Gasteiger partial charge in [0.2, 0.25) is 0 Å². The molecular weight excluding hydrogens is 258 g/mol. The lowest BCUT2D eigenvalue weighted by atomic mass is 10.1. The van der Waals surface area contributed by atoms with E-state index in [0.717, 1.165) is 9.35 Å². The fourth-order valence-electron chi connectivity index (χ4n) is 1.58. The number of fused-ring (bicyclic) bond motifs is 1. The van der Waals surface area contributed by atoms with Crippen LogP contribution in [-0.2, 0) is 6.42 Å². The maximum atomic E-state index is 8.72. The van der Waals surface area contributed by atoms with Gasteiger partial charge in [0.1, 0.15) is 0 Å². The maximum absolute atomic E-state index is 8.72. The van der Waals surface area contributed by atoms with Crippen LogP contribution in [0.3, 0.4) is 0 Å². The van der Waals surface area contributed by atoms with Crippen LogP contribution in [0.4, 0.5) is 0 Å². The summed E-state index contributed by atoms with van der Waals surface area (Å²) >= 11 is 5.16. The Morgan fingerprint density at radius 3 is 2.93 bits per heavy atom. The number of nitrogens with zero attached hydrogens (tertiary/aromatic N) is 1. The van der Waals surface area contributed by atoms with Gasteiger partial charge < -0.3 is 0 Å². The Morgan fingerprint density at radius 1 is 1.43 bits per heavy atom. The lowest BCUT2D eigenvalue weighted by molar-refractivity contribution is 1.28. The molecule has 0 aliphatic rings. The van der Waals surface area contributed by atoms with Gasteiger partial charge in [-0.1, -0.05) is 17.7 Å². The fourth-order valence-corrected chi connectivity index (χ4v) is 3.19. The van der Waals surface area contributed by atoms with Gasteiger partial charge in [-0.2, -0.15) is 5.26 Å². The number of hydrogen-bond donors (Lipinski definition) is 0. The van der Waals surface area contributed by atoms with Gasteiger partial charge in [-0.05, 0) is 39.9 Å². The molecule has 1 aromatic heterocycles. The quantitative estimate of drug-likeness (QED) is 0.764. The van der Waals surface area contributed by atoms with Crippen LogP contribution in [0.5, 0.6) is 0 Å². The van der Waals surface area contributed by atoms with Crippen LogP contribution in [0.2, 0.25) is 0 Å². The lowest BCUT2D eigenvalue weighted by Gasteiger charge is -1.99. The minimum absolute atomic E-state index is 0.491. The lowest BCUT2D eigenvalue weighted by Crippen LogP contribution is -1.83. The van der Waals surface area contributed by atoms with E-state index in [1.165, 1.54) is 15.6 Å². The van der Waals surface area contributed by atoms with Crippen molar-refractivity contribution in [1.29, 1.82) is 5.26 Å². The van der Waals surface area contributed by atoms with Crippen molar-refractivity contribution in [2.24, 2.45) is 0 Å². The predicted molar refractivity (Wildman–Crippen MR) is 63.6 cm³/mol. The van der Waals surface area contributed by atoms with E-state index in [1.807, 2.05) is 0 Å². The van der Waals surface area contributed by atoms with E-state index in [2.05, 4.69) is 47.1 Å². The molecule has 0 aliphatic carbocycles. The number of thiophene rings is 1. The smallest absolute Gasteiger partial charge is 0.0711 e. The number of halogens is 1. The average molecular weight is 266 g/mol. The molecule has 0 amide bonds. The Morgan fingerprint density at radius 2 is 2.21 bits per heavy atom. The molecule has 0 radical (unpaired) electrons. The highest BCUT2D eigenvalue weighted by Gasteiger charge is 2.05. The first-order chi connectivity index (χ1) is 6.70. The third kappa shape index (κ3) is 1.68. The molecule has 0 saturated heterocycles. The maximum Gasteiger partial charge on any atom is 0.0711 e. The van der Waals surface area contributed by atoms with Crippen molar-refractivity contribution in [3.05, 3.63) is 33.1 Å². The molecule has 0 fully saturated rings. The normalized spacial score (nSPS) is 10.4. The molecule has 1 heterocycles. The zero-order chi connectivity index (χ0) is 10.1. The summed E-state index contributed by atoms with van der Waals surface area (Å²) in [6, 6.07) is 8.55. The number of rotatable bonds is 1. The molecule has 0 atom stereocenters. The molecule has 1 aromatic carbocycles. The summed E-state index contributed by atoms with van der Waals surface area (Å²) < 4.78 is 2.35. The first-order valence-electron chi connectivity index (χ1n) is 4.26. The summed E-state index contributed by atoms with van der Waals surface area (Å²) in [5.41, 5.74) is 2.35. The van der Waals surface area contributed by atoms with Crippen molar-refractivity contribution >= 4 is 37.4 Å². The molecule has 1 nitrogen and oxygen atoms in total. The zero-order valence-electron chi connectivity index (χ0n) is 7.67. The fraction of sp³-hybridized carbons (Fsp3) is 0.182. The second kappa shape index (κ2) is 3.72. The predicted octanol–water partition coefficient (Wildman–Crippen LogP) is 4.04. The Balaban J connectivity index is 2.74. The van der Waals surface area contributed by atoms with Gasteiger partial charge >= 0.3 is 0 Å². The number of nitriles is 1. The number of aryl methyl sites for hydroxylation is 1. The van der Waals surface area contributed by atoms with Crippen LogP contribution in [0, 0.1) is 18.3 Å². The molecule has 14 heavy (non-hydrogen) atoms. The SMILES string of the molecule is Cc1cc(CC#N)c2sc(Br)cc2c1. The monoisotopic (exact) mass is 265 g/mol. The van der Waals surface area contributed by atoms with Gasteiger partial charge in [0.15, 0.2) is 0 Å². The summed E-state index contributed by atoms with van der Waals surface area (Å²) in [6.45, 7) is 2.06. The summed E-state index contributed by atoms with van der Waals surface area (Å²) in [5, 5.41) is 9.95. The second-order valence-electron chi connectivity index (χ2n) is 3.23. The van der Waals surface area contributed by atoms with E-state index in [4.69, 9.17) is 5.26 Å². The highest BCUT2D eigenvalue weighted by Crippen LogP contribution is 2.33. The standard InChI is InChI=1S/C11H8BrNS/c1-7-4-8(2-3-13)11-9(5-7)6-10(12)14-11/h4-6H,2H2,1H3. The van der Waals surface area contributed by atoms with Crippen molar-refractivity contribution in [3.63, 3.8) is 0 Å². The van der Waals surface area contributed by atoms with Crippen molar-refractivity contribution in [3.8, 4) is 6.07 Å².